The number of carbonyl (C=O) groups is 5. The molecule has 0 aliphatic carbocycles. The molecule has 0 aromatic heterocycles. The lowest BCUT2D eigenvalue weighted by atomic mass is 9.82. The van der Waals surface area contributed by atoms with E-state index >= 15 is 0 Å². The van der Waals surface area contributed by atoms with Crippen molar-refractivity contribution in [1.82, 2.24) is 15.1 Å². The fourth-order valence-electron chi connectivity index (χ4n) is 7.66. The van der Waals surface area contributed by atoms with Crippen LogP contribution in [0.1, 0.15) is 129 Å². The Morgan fingerprint density at radius 3 is 1.48 bits per heavy atom. The molecular formula is C42H69N3O7. The number of hydrogen-bond donors (Lipinski definition) is 3. The van der Waals surface area contributed by atoms with E-state index in [1.807, 2.05) is 6.92 Å². The van der Waals surface area contributed by atoms with Crippen LogP contribution in [0.15, 0.2) is 24.3 Å². The van der Waals surface area contributed by atoms with Gasteiger partial charge in [0.25, 0.3) is 0 Å². The zero-order chi connectivity index (χ0) is 38.5. The van der Waals surface area contributed by atoms with Gasteiger partial charge in [0.1, 0.15) is 29.1 Å². The second-order valence-electron chi connectivity index (χ2n) is 15.4. The number of carbonyl (C=O) groups excluding carboxylic acids is 4. The average Bonchev–Trinajstić information content (AvgIpc) is 3.10. The van der Waals surface area contributed by atoms with Gasteiger partial charge in [-0.2, -0.15) is 0 Å². The third-order valence-corrected chi connectivity index (χ3v) is 10.9. The topological polar surface area (TPSA) is 144 Å². The van der Waals surface area contributed by atoms with E-state index in [2.05, 4.69) is 36.1 Å². The number of nitrogens with zero attached hydrogens (tertiary/aromatic N) is 2. The maximum atomic E-state index is 13.2. The maximum Gasteiger partial charge on any atom is 0.326 e. The van der Waals surface area contributed by atoms with E-state index in [4.69, 9.17) is 0 Å². The Morgan fingerprint density at radius 1 is 0.692 bits per heavy atom. The van der Waals surface area contributed by atoms with Crippen LogP contribution in [0.3, 0.4) is 0 Å². The van der Waals surface area contributed by atoms with Crippen LogP contribution in [-0.4, -0.2) is 95.6 Å². The van der Waals surface area contributed by atoms with Gasteiger partial charge >= 0.3 is 5.97 Å². The van der Waals surface area contributed by atoms with Gasteiger partial charge in [0.2, 0.25) is 5.91 Å². The van der Waals surface area contributed by atoms with Gasteiger partial charge in [-0.1, -0.05) is 51.7 Å². The third kappa shape index (κ3) is 17.6. The number of amides is 1. The molecule has 0 radical (unpaired) electrons. The van der Waals surface area contributed by atoms with E-state index in [-0.39, 0.29) is 53.8 Å². The number of benzene rings is 1. The molecule has 5 atom stereocenters. The number of rotatable bonds is 10. The first-order chi connectivity index (χ1) is 24.8. The Hall–Kier alpha value is -3.11. The Morgan fingerprint density at radius 2 is 1.10 bits per heavy atom. The lowest BCUT2D eigenvalue weighted by Gasteiger charge is -2.24. The molecule has 10 nitrogen and oxygen atoms in total. The molecule has 294 valence electrons. The predicted octanol–water partition coefficient (Wildman–Crippen LogP) is 6.85. The molecule has 0 saturated carbocycles. The van der Waals surface area contributed by atoms with Gasteiger partial charge in [0.05, 0.1) is 0 Å². The summed E-state index contributed by atoms with van der Waals surface area (Å²) in [6.07, 6.45) is 14.1. The summed E-state index contributed by atoms with van der Waals surface area (Å²) in [5, 5.41) is 21.6. The van der Waals surface area contributed by atoms with Gasteiger partial charge in [-0.05, 0) is 129 Å². The van der Waals surface area contributed by atoms with Crippen molar-refractivity contribution in [2.45, 2.75) is 136 Å². The number of nitrogens with one attached hydrogen (secondary N) is 1. The summed E-state index contributed by atoms with van der Waals surface area (Å²) in [5.41, 5.74) is 0.702. The highest BCUT2D eigenvalue weighted by Gasteiger charge is 2.30. The van der Waals surface area contributed by atoms with E-state index in [1.54, 1.807) is 19.1 Å². The van der Waals surface area contributed by atoms with Crippen molar-refractivity contribution < 1.29 is 34.2 Å². The van der Waals surface area contributed by atoms with Crippen molar-refractivity contribution in [3.05, 3.63) is 29.8 Å². The fourth-order valence-corrected chi connectivity index (χ4v) is 7.66. The van der Waals surface area contributed by atoms with Gasteiger partial charge in [-0.15, -0.1) is 0 Å². The molecule has 3 N–H and O–H groups in total. The standard InChI is InChI=1S/C25H38N2O5.C17H31NO2/c1-3-19-8-4-6-14-27(2)15-7-5-9-20(24(19)30)17-23(29)26-22(25(31)32)16-18-10-12-21(28)13-11-18;1-4-15-9-5-7-11-18(3)12-8-6-10-16(17(15)20)13-14(2)19/h10-13,19-20,22,28H,3-9,14-17H2,1-2H3,(H,26,29)(H,31,32);15-16H,4-13H2,1-3H3/t19-,20?,22-;15-,16?/m00/s1. The number of aliphatic carboxylic acids is 1. The summed E-state index contributed by atoms with van der Waals surface area (Å²) in [4.78, 5) is 66.4. The summed E-state index contributed by atoms with van der Waals surface area (Å²) in [7, 11) is 4.31. The zero-order valence-electron chi connectivity index (χ0n) is 32.9. The number of carboxylic acid groups (broad SMARTS) is 1. The second-order valence-corrected chi connectivity index (χ2v) is 15.4. The SMILES string of the molecule is CC[C@H]1CCCCN(C)CCCCC(CC(=O)N[C@@H](Cc2ccc(O)cc2)C(=O)O)C1=O.CC[C@H]1CCCCN(C)CCCCC(CC(C)=O)C1=O. The van der Waals surface area contributed by atoms with Crippen molar-refractivity contribution in [3.63, 3.8) is 0 Å². The molecule has 2 fully saturated rings. The van der Waals surface area contributed by atoms with Crippen LogP contribution >= 0.6 is 0 Å². The molecule has 0 spiro atoms. The Balaban J connectivity index is 0.000000402. The van der Waals surface area contributed by atoms with Crippen molar-refractivity contribution in [2.75, 3.05) is 40.3 Å². The van der Waals surface area contributed by atoms with E-state index in [0.717, 1.165) is 103 Å². The molecule has 2 aliphatic rings. The summed E-state index contributed by atoms with van der Waals surface area (Å²) in [6, 6.07) is 5.17. The predicted molar refractivity (Wildman–Crippen MR) is 206 cm³/mol. The Kier molecular flexibility index (Phi) is 21.7. The number of ketones is 3. The monoisotopic (exact) mass is 728 g/mol. The van der Waals surface area contributed by atoms with Crippen LogP contribution in [0.25, 0.3) is 0 Å². The van der Waals surface area contributed by atoms with Gasteiger partial charge in [0, 0.05) is 42.9 Å². The molecule has 3 rings (SSSR count). The highest BCUT2D eigenvalue weighted by Crippen LogP contribution is 2.26. The lowest BCUT2D eigenvalue weighted by molar-refractivity contribution is -0.142. The minimum absolute atomic E-state index is 0.0258. The molecule has 1 aromatic rings. The molecule has 10 heteroatoms. The van der Waals surface area contributed by atoms with E-state index in [1.165, 1.54) is 18.6 Å². The minimum atomic E-state index is -1.12. The van der Waals surface area contributed by atoms with Crippen LogP contribution in [0.5, 0.6) is 5.75 Å². The van der Waals surface area contributed by atoms with E-state index in [9.17, 15) is 34.2 Å². The summed E-state index contributed by atoms with van der Waals surface area (Å²) in [6.45, 7) is 10.0. The summed E-state index contributed by atoms with van der Waals surface area (Å²) >= 11 is 0. The van der Waals surface area contributed by atoms with E-state index in [0.29, 0.717) is 24.2 Å². The highest BCUT2D eigenvalue weighted by atomic mass is 16.4. The number of phenolic OH excluding ortho intramolecular Hbond substituents is 1. The lowest BCUT2D eigenvalue weighted by Crippen LogP contribution is -2.43. The first-order valence-electron chi connectivity index (χ1n) is 20.1. The van der Waals surface area contributed by atoms with Crippen molar-refractivity contribution >= 4 is 29.2 Å². The number of phenols is 1. The molecule has 1 aromatic carbocycles. The molecule has 0 bridgehead atoms. The molecule has 2 heterocycles. The molecule has 2 saturated heterocycles. The van der Waals surface area contributed by atoms with Crippen molar-refractivity contribution in [3.8, 4) is 5.75 Å². The van der Waals surface area contributed by atoms with Crippen LogP contribution in [0.2, 0.25) is 0 Å². The van der Waals surface area contributed by atoms with Crippen LogP contribution in [0, 0.1) is 23.7 Å². The van der Waals surface area contributed by atoms with Crippen LogP contribution in [0.4, 0.5) is 0 Å². The average molecular weight is 728 g/mol. The third-order valence-electron chi connectivity index (χ3n) is 10.9. The number of aromatic hydroxyl groups is 1. The fraction of sp³-hybridized carbons (Fsp3) is 0.738. The molecule has 2 aliphatic heterocycles. The van der Waals surface area contributed by atoms with Gasteiger partial charge in [-0.3, -0.25) is 14.4 Å². The van der Waals surface area contributed by atoms with Crippen LogP contribution in [-0.2, 0) is 30.4 Å². The quantitative estimate of drug-likeness (QED) is 0.236. The first kappa shape index (κ1) is 45.0. The summed E-state index contributed by atoms with van der Waals surface area (Å²) < 4.78 is 0. The van der Waals surface area contributed by atoms with Crippen molar-refractivity contribution in [1.29, 1.82) is 0 Å². The van der Waals surface area contributed by atoms with Crippen LogP contribution < -0.4 is 5.32 Å². The maximum absolute atomic E-state index is 13.2. The molecule has 52 heavy (non-hydrogen) atoms. The first-order valence-corrected chi connectivity index (χ1v) is 20.1. The van der Waals surface area contributed by atoms with Gasteiger partial charge in [-0.25, -0.2) is 4.79 Å². The number of hydrogen-bond acceptors (Lipinski definition) is 8. The van der Waals surface area contributed by atoms with Gasteiger partial charge in [0.15, 0.2) is 0 Å². The van der Waals surface area contributed by atoms with E-state index < -0.39 is 17.9 Å². The number of carboxylic acids is 1. The molecule has 1 amide bonds. The number of Topliss-reactive ketones (excluding diaryl/α,β-unsaturated/α-hetero) is 3. The zero-order valence-corrected chi connectivity index (χ0v) is 32.9. The Labute approximate surface area is 313 Å². The summed E-state index contributed by atoms with van der Waals surface area (Å²) in [5.74, 6) is -1.01. The smallest absolute Gasteiger partial charge is 0.326 e. The van der Waals surface area contributed by atoms with Crippen molar-refractivity contribution in [2.24, 2.45) is 23.7 Å². The van der Waals surface area contributed by atoms with Gasteiger partial charge < -0.3 is 30.1 Å². The largest absolute Gasteiger partial charge is 0.508 e. The normalized spacial score (nSPS) is 24.4. The minimum Gasteiger partial charge on any atom is -0.508 e. The second kappa shape index (κ2) is 25.0. The molecule has 2 unspecified atom stereocenters. The Bertz CT molecular complexity index is 1240. The molecular weight excluding hydrogens is 658 g/mol. The highest BCUT2D eigenvalue weighted by molar-refractivity contribution is 5.90.